The number of cyclic esters (lactones) is 1. The van der Waals surface area contributed by atoms with Crippen LogP contribution in [0.3, 0.4) is 0 Å². The zero-order valence-corrected chi connectivity index (χ0v) is 21.1. The SMILES string of the molecule is COc1ccc2c(O[C@@H]3C[C@H]4C(=O)N[C@]5(C(=O)O)C[C@H]5C=CCCCCOC(=O)N4C3)nc(Cl)cc2c1. The second-order valence-electron chi connectivity index (χ2n) is 9.60. The van der Waals surface area contributed by atoms with E-state index < -0.39 is 35.7 Å². The molecule has 2 fully saturated rings. The molecular formula is C26H28ClN3O7. The van der Waals surface area contributed by atoms with Crippen LogP contribution in [0.5, 0.6) is 11.6 Å². The van der Waals surface area contributed by atoms with Crippen molar-refractivity contribution in [3.63, 3.8) is 0 Å². The third-order valence-electron chi connectivity index (χ3n) is 7.15. The van der Waals surface area contributed by atoms with Crippen molar-refractivity contribution in [3.05, 3.63) is 41.6 Å². The summed E-state index contributed by atoms with van der Waals surface area (Å²) in [5.74, 6) is -1.01. The number of amides is 2. The van der Waals surface area contributed by atoms with Crippen molar-refractivity contribution in [2.75, 3.05) is 20.3 Å². The van der Waals surface area contributed by atoms with Crippen LogP contribution in [0.2, 0.25) is 5.15 Å². The number of nitrogens with zero attached hydrogens (tertiary/aromatic N) is 2. The smallest absolute Gasteiger partial charge is 0.410 e. The van der Waals surface area contributed by atoms with Gasteiger partial charge in [0.25, 0.3) is 0 Å². The molecular weight excluding hydrogens is 502 g/mol. The zero-order chi connectivity index (χ0) is 26.2. The van der Waals surface area contributed by atoms with E-state index in [1.54, 1.807) is 25.3 Å². The zero-order valence-electron chi connectivity index (χ0n) is 20.3. The van der Waals surface area contributed by atoms with Gasteiger partial charge in [0, 0.05) is 17.7 Å². The highest BCUT2D eigenvalue weighted by atomic mass is 35.5. The van der Waals surface area contributed by atoms with Crippen LogP contribution >= 0.6 is 11.6 Å². The number of carboxylic acid groups (broad SMARTS) is 1. The first-order chi connectivity index (χ1) is 17.8. The average Bonchev–Trinajstić information content (AvgIpc) is 3.40. The van der Waals surface area contributed by atoms with Crippen molar-refractivity contribution >= 4 is 40.3 Å². The van der Waals surface area contributed by atoms with Crippen LogP contribution in [0, 0.1) is 5.92 Å². The fourth-order valence-corrected chi connectivity index (χ4v) is 5.21. The summed E-state index contributed by atoms with van der Waals surface area (Å²) in [6.45, 7) is 0.306. The summed E-state index contributed by atoms with van der Waals surface area (Å²) in [6.07, 6.45) is 5.22. The van der Waals surface area contributed by atoms with E-state index in [0.29, 0.717) is 24.0 Å². The highest BCUT2D eigenvalue weighted by molar-refractivity contribution is 6.30. The number of methoxy groups -OCH3 is 1. The summed E-state index contributed by atoms with van der Waals surface area (Å²) in [5.41, 5.74) is -1.37. The minimum absolute atomic E-state index is 0.0756. The van der Waals surface area contributed by atoms with Crippen molar-refractivity contribution < 1.29 is 33.7 Å². The summed E-state index contributed by atoms with van der Waals surface area (Å²) in [5, 5.41) is 14.2. The fourth-order valence-electron chi connectivity index (χ4n) is 5.01. The number of hydrogen-bond donors (Lipinski definition) is 2. The number of carboxylic acids is 1. The van der Waals surface area contributed by atoms with Crippen LogP contribution in [0.15, 0.2) is 36.4 Å². The van der Waals surface area contributed by atoms with Gasteiger partial charge in [0.1, 0.15) is 28.6 Å². The molecule has 2 amide bonds. The molecule has 1 saturated heterocycles. The maximum atomic E-state index is 13.3. The number of benzene rings is 1. The van der Waals surface area contributed by atoms with Gasteiger partial charge >= 0.3 is 12.1 Å². The number of allylic oxidation sites excluding steroid dienone is 1. The minimum atomic E-state index is -1.37. The molecule has 2 N–H and O–H groups in total. The van der Waals surface area contributed by atoms with Gasteiger partial charge in [-0.1, -0.05) is 23.8 Å². The fraction of sp³-hybridized carbons (Fsp3) is 0.462. The Labute approximate surface area is 218 Å². The van der Waals surface area contributed by atoms with Crippen molar-refractivity contribution in [1.29, 1.82) is 0 Å². The molecule has 3 heterocycles. The van der Waals surface area contributed by atoms with E-state index in [1.807, 2.05) is 18.2 Å². The second-order valence-corrected chi connectivity index (χ2v) is 9.98. The molecule has 0 unspecified atom stereocenters. The molecule has 11 heteroatoms. The molecule has 37 heavy (non-hydrogen) atoms. The van der Waals surface area contributed by atoms with Gasteiger partial charge in [0.2, 0.25) is 11.8 Å². The highest BCUT2D eigenvalue weighted by Crippen LogP contribution is 2.45. The summed E-state index contributed by atoms with van der Waals surface area (Å²) in [4.78, 5) is 44.0. The van der Waals surface area contributed by atoms with Gasteiger partial charge in [-0.25, -0.2) is 14.6 Å². The van der Waals surface area contributed by atoms with E-state index in [9.17, 15) is 19.5 Å². The van der Waals surface area contributed by atoms with Gasteiger partial charge in [-0.3, -0.25) is 9.69 Å². The normalized spacial score (nSPS) is 27.9. The third kappa shape index (κ3) is 5.02. The van der Waals surface area contributed by atoms with Crippen LogP contribution in [0.4, 0.5) is 4.79 Å². The monoisotopic (exact) mass is 529 g/mol. The molecule has 1 saturated carbocycles. The maximum absolute atomic E-state index is 13.3. The molecule has 1 aromatic carbocycles. The Kier molecular flexibility index (Phi) is 6.85. The second kappa shape index (κ2) is 10.1. The number of fused-ring (bicyclic) bond motifs is 3. The molecule has 10 nitrogen and oxygen atoms in total. The van der Waals surface area contributed by atoms with Crippen LogP contribution in [0.25, 0.3) is 10.8 Å². The molecule has 0 bridgehead atoms. The molecule has 196 valence electrons. The largest absolute Gasteiger partial charge is 0.497 e. The Morgan fingerprint density at radius 1 is 1.30 bits per heavy atom. The van der Waals surface area contributed by atoms with Gasteiger partial charge in [-0.15, -0.1) is 0 Å². The molecule has 5 rings (SSSR count). The highest BCUT2D eigenvalue weighted by Gasteiger charge is 2.61. The summed E-state index contributed by atoms with van der Waals surface area (Å²) >= 11 is 6.23. The van der Waals surface area contributed by atoms with Gasteiger partial charge in [-0.05, 0) is 55.3 Å². The molecule has 2 aliphatic heterocycles. The first-order valence-corrected chi connectivity index (χ1v) is 12.6. The Morgan fingerprint density at radius 3 is 2.92 bits per heavy atom. The standard InChI is InChI=1S/C26H28ClN3O7/c1-35-17-7-8-19-15(10-17)11-21(27)28-23(19)37-18-12-20-22(31)29-26(24(32)33)13-16(26)6-4-2-3-5-9-36-25(34)30(20)14-18/h4,6-8,10-11,16,18,20H,2-3,5,9,12-14H2,1H3,(H,29,31)(H,32,33)/t16-,18-,20+,26-/m1/s1. The Bertz CT molecular complexity index is 1270. The predicted octanol–water partition coefficient (Wildman–Crippen LogP) is 3.55. The van der Waals surface area contributed by atoms with Crippen molar-refractivity contribution in [2.45, 2.75) is 49.8 Å². The Hall–Kier alpha value is -3.53. The molecule has 0 radical (unpaired) electrons. The van der Waals surface area contributed by atoms with E-state index in [2.05, 4.69) is 10.3 Å². The first-order valence-electron chi connectivity index (χ1n) is 12.3. The quantitative estimate of drug-likeness (QED) is 0.454. The Balaban J connectivity index is 1.40. The van der Waals surface area contributed by atoms with Crippen LogP contribution in [0.1, 0.15) is 32.1 Å². The lowest BCUT2D eigenvalue weighted by Crippen LogP contribution is -2.53. The number of halogens is 1. The van der Waals surface area contributed by atoms with Crippen LogP contribution < -0.4 is 14.8 Å². The molecule has 1 aromatic heterocycles. The van der Waals surface area contributed by atoms with Gasteiger partial charge in [0.05, 0.1) is 20.3 Å². The lowest BCUT2D eigenvalue weighted by molar-refractivity contribution is -0.144. The molecule has 2 aromatic rings. The van der Waals surface area contributed by atoms with Crippen molar-refractivity contribution in [3.8, 4) is 11.6 Å². The summed E-state index contributed by atoms with van der Waals surface area (Å²) in [6, 6.07) is 6.13. The summed E-state index contributed by atoms with van der Waals surface area (Å²) < 4.78 is 16.9. The minimum Gasteiger partial charge on any atom is -0.497 e. The topological polar surface area (TPSA) is 127 Å². The predicted molar refractivity (Wildman–Crippen MR) is 134 cm³/mol. The van der Waals surface area contributed by atoms with E-state index in [1.165, 1.54) is 4.90 Å². The molecule has 0 spiro atoms. The number of nitrogens with one attached hydrogen (secondary N) is 1. The number of pyridine rings is 1. The average molecular weight is 530 g/mol. The molecule has 3 aliphatic rings. The number of rotatable bonds is 4. The number of aliphatic carboxylic acids is 1. The van der Waals surface area contributed by atoms with E-state index in [-0.39, 0.29) is 36.5 Å². The number of hydrogen-bond acceptors (Lipinski definition) is 7. The summed E-state index contributed by atoms with van der Waals surface area (Å²) in [7, 11) is 1.57. The number of ether oxygens (including phenoxy) is 3. The van der Waals surface area contributed by atoms with E-state index >= 15 is 0 Å². The van der Waals surface area contributed by atoms with Crippen LogP contribution in [-0.4, -0.2) is 70.9 Å². The number of aromatic nitrogens is 1. The van der Waals surface area contributed by atoms with Crippen LogP contribution in [-0.2, 0) is 14.3 Å². The van der Waals surface area contributed by atoms with Crippen molar-refractivity contribution in [1.82, 2.24) is 15.2 Å². The lowest BCUT2D eigenvalue weighted by atomic mass is 10.1. The maximum Gasteiger partial charge on any atom is 0.410 e. The number of carbonyl (C=O) groups is 3. The van der Waals surface area contributed by atoms with E-state index in [0.717, 1.165) is 18.2 Å². The van der Waals surface area contributed by atoms with Crippen molar-refractivity contribution in [2.24, 2.45) is 5.92 Å². The Morgan fingerprint density at radius 2 is 2.14 bits per heavy atom. The van der Waals surface area contributed by atoms with Gasteiger partial charge in [0.15, 0.2) is 0 Å². The van der Waals surface area contributed by atoms with E-state index in [4.69, 9.17) is 25.8 Å². The molecule has 4 atom stereocenters. The number of carbonyl (C=O) groups excluding carboxylic acids is 2. The lowest BCUT2D eigenvalue weighted by Gasteiger charge is -2.25. The third-order valence-corrected chi connectivity index (χ3v) is 7.35. The van der Waals surface area contributed by atoms with Gasteiger partial charge < -0.3 is 24.6 Å². The first kappa shape index (κ1) is 25.1. The molecule has 1 aliphatic carbocycles. The van der Waals surface area contributed by atoms with Gasteiger partial charge in [-0.2, -0.15) is 0 Å².